The van der Waals surface area contributed by atoms with E-state index in [4.69, 9.17) is 4.98 Å². The highest BCUT2D eigenvalue weighted by molar-refractivity contribution is 5.96. The minimum absolute atomic E-state index is 0.291. The van der Waals surface area contributed by atoms with Gasteiger partial charge in [-0.25, -0.2) is 9.37 Å². The first-order chi connectivity index (χ1) is 13.7. The van der Waals surface area contributed by atoms with Crippen molar-refractivity contribution in [1.82, 2.24) is 9.38 Å². The van der Waals surface area contributed by atoms with Crippen LogP contribution in [0.4, 0.5) is 4.39 Å². The highest BCUT2D eigenvalue weighted by Gasteiger charge is 2.12. The van der Waals surface area contributed by atoms with Crippen molar-refractivity contribution < 1.29 is 9.50 Å². The smallest absolute Gasteiger partial charge is 0.137 e. The van der Waals surface area contributed by atoms with E-state index in [-0.39, 0.29) is 6.61 Å². The molecule has 0 aliphatic carbocycles. The Kier molecular flexibility index (Phi) is 3.92. The van der Waals surface area contributed by atoms with Gasteiger partial charge in [-0.05, 0) is 22.9 Å². The van der Waals surface area contributed by atoms with Crippen LogP contribution < -0.4 is 0 Å². The summed E-state index contributed by atoms with van der Waals surface area (Å²) in [6.45, 7) is -0.321. The molecule has 136 valence electrons. The van der Waals surface area contributed by atoms with Crippen LogP contribution in [0.15, 0.2) is 85.2 Å². The lowest BCUT2D eigenvalue weighted by molar-refractivity contribution is 0.276. The van der Waals surface area contributed by atoms with E-state index in [1.807, 2.05) is 47.1 Å². The second-order valence-electron chi connectivity index (χ2n) is 6.77. The van der Waals surface area contributed by atoms with Crippen molar-refractivity contribution in [3.05, 3.63) is 96.6 Å². The number of imidazole rings is 1. The van der Waals surface area contributed by atoms with Crippen LogP contribution in [0.25, 0.3) is 38.8 Å². The second-order valence-corrected chi connectivity index (χ2v) is 6.77. The molecule has 0 spiro atoms. The van der Waals surface area contributed by atoms with E-state index in [0.717, 1.165) is 27.9 Å². The van der Waals surface area contributed by atoms with Crippen LogP contribution in [-0.2, 0) is 6.61 Å². The van der Waals surface area contributed by atoms with Gasteiger partial charge in [0.25, 0.3) is 0 Å². The summed E-state index contributed by atoms with van der Waals surface area (Å²) in [6.07, 6.45) is 3.84. The van der Waals surface area contributed by atoms with Gasteiger partial charge < -0.3 is 9.51 Å². The van der Waals surface area contributed by atoms with Gasteiger partial charge >= 0.3 is 0 Å². The monoisotopic (exact) mass is 368 g/mol. The molecule has 4 heteroatoms. The summed E-state index contributed by atoms with van der Waals surface area (Å²) >= 11 is 0. The van der Waals surface area contributed by atoms with Gasteiger partial charge in [-0.1, -0.05) is 60.7 Å². The zero-order valence-electron chi connectivity index (χ0n) is 15.0. The lowest BCUT2D eigenvalue weighted by Gasteiger charge is -2.07. The summed E-state index contributed by atoms with van der Waals surface area (Å²) in [4.78, 5) is 4.75. The van der Waals surface area contributed by atoms with Gasteiger partial charge in [-0.3, -0.25) is 0 Å². The number of rotatable bonds is 3. The lowest BCUT2D eigenvalue weighted by atomic mass is 10.0. The molecule has 0 aliphatic rings. The molecule has 1 N–H and O–H groups in total. The van der Waals surface area contributed by atoms with Gasteiger partial charge in [0.2, 0.25) is 0 Å². The SMILES string of the molecule is OCc1cccc(-c2ccc3nc(-c4cccc5ccccc45)cn3c2)c1F. The molecule has 0 fully saturated rings. The van der Waals surface area contributed by atoms with Crippen LogP contribution in [0.1, 0.15) is 5.56 Å². The van der Waals surface area contributed by atoms with Crippen LogP contribution in [0, 0.1) is 5.82 Å². The van der Waals surface area contributed by atoms with Crippen LogP contribution in [0.5, 0.6) is 0 Å². The molecule has 3 nitrogen and oxygen atoms in total. The van der Waals surface area contributed by atoms with Crippen molar-refractivity contribution in [3.63, 3.8) is 0 Å². The first-order valence-corrected chi connectivity index (χ1v) is 9.10. The second kappa shape index (κ2) is 6.59. The molecule has 3 aromatic carbocycles. The van der Waals surface area contributed by atoms with Crippen LogP contribution in [-0.4, -0.2) is 14.5 Å². The Labute approximate surface area is 161 Å². The van der Waals surface area contributed by atoms with Gasteiger partial charge in [0.1, 0.15) is 11.5 Å². The summed E-state index contributed by atoms with van der Waals surface area (Å²) in [5, 5.41) is 11.6. The van der Waals surface area contributed by atoms with Gasteiger partial charge in [0.05, 0.1) is 12.3 Å². The molecular weight excluding hydrogens is 351 g/mol. The van der Waals surface area contributed by atoms with E-state index in [2.05, 4.69) is 24.3 Å². The number of benzene rings is 3. The number of aliphatic hydroxyl groups excluding tert-OH is 1. The third kappa shape index (κ3) is 2.66. The Morgan fingerprint density at radius 2 is 1.61 bits per heavy atom. The van der Waals surface area contributed by atoms with Crippen LogP contribution >= 0.6 is 0 Å². The minimum Gasteiger partial charge on any atom is -0.392 e. The molecule has 2 aromatic heterocycles. The Hall–Kier alpha value is -3.50. The van der Waals surface area contributed by atoms with E-state index < -0.39 is 5.82 Å². The first-order valence-electron chi connectivity index (χ1n) is 9.10. The van der Waals surface area contributed by atoms with E-state index >= 15 is 0 Å². The fraction of sp³-hybridized carbons (Fsp3) is 0.0417. The number of aliphatic hydroxyl groups is 1. The lowest BCUT2D eigenvalue weighted by Crippen LogP contribution is -1.94. The normalized spacial score (nSPS) is 11.4. The molecular formula is C24H17FN2O. The van der Waals surface area contributed by atoms with Crippen LogP contribution in [0.2, 0.25) is 0 Å². The average Bonchev–Trinajstić information content (AvgIpc) is 3.16. The molecule has 0 bridgehead atoms. The average molecular weight is 368 g/mol. The molecule has 0 saturated heterocycles. The predicted octanol–water partition coefficient (Wildman–Crippen LogP) is 5.45. The fourth-order valence-electron chi connectivity index (χ4n) is 3.65. The van der Waals surface area contributed by atoms with Gasteiger partial charge in [-0.15, -0.1) is 0 Å². The van der Waals surface area contributed by atoms with Crippen LogP contribution in [0.3, 0.4) is 0 Å². The Balaban J connectivity index is 1.65. The van der Waals surface area contributed by atoms with Gasteiger partial charge in [-0.2, -0.15) is 0 Å². The number of nitrogens with zero attached hydrogens (tertiary/aromatic N) is 2. The maximum atomic E-state index is 14.6. The molecule has 0 saturated carbocycles. The van der Waals surface area contributed by atoms with E-state index in [1.54, 1.807) is 18.2 Å². The van der Waals surface area contributed by atoms with Crippen molar-refractivity contribution in [3.8, 4) is 22.4 Å². The maximum Gasteiger partial charge on any atom is 0.137 e. The summed E-state index contributed by atoms with van der Waals surface area (Å²) in [6, 6.07) is 23.2. The first kappa shape index (κ1) is 16.7. The zero-order valence-corrected chi connectivity index (χ0v) is 15.0. The molecule has 0 amide bonds. The Bertz CT molecular complexity index is 1320. The van der Waals surface area contributed by atoms with Crippen molar-refractivity contribution in [1.29, 1.82) is 0 Å². The minimum atomic E-state index is -0.390. The Morgan fingerprint density at radius 1 is 0.821 bits per heavy atom. The topological polar surface area (TPSA) is 37.5 Å². The van der Waals surface area contributed by atoms with Gasteiger partial charge in [0.15, 0.2) is 0 Å². The molecule has 0 radical (unpaired) electrons. The number of halogens is 1. The molecule has 5 rings (SSSR count). The molecule has 2 heterocycles. The summed E-state index contributed by atoms with van der Waals surface area (Å²) in [5.74, 6) is -0.390. The summed E-state index contributed by atoms with van der Waals surface area (Å²) < 4.78 is 16.5. The van der Waals surface area contributed by atoms with E-state index in [1.165, 1.54) is 5.39 Å². The number of fused-ring (bicyclic) bond motifs is 2. The predicted molar refractivity (Wildman–Crippen MR) is 109 cm³/mol. The standard InChI is InChI=1S/C24H17FN2O/c25-24-18(15-28)7-4-9-20(24)17-11-12-23-26-22(14-27(23)13-17)21-10-3-6-16-5-1-2-8-19(16)21/h1-14,28H,15H2. The fourth-order valence-corrected chi connectivity index (χ4v) is 3.65. The molecule has 0 aliphatic heterocycles. The van der Waals surface area contributed by atoms with Crippen molar-refractivity contribution in [2.24, 2.45) is 0 Å². The quantitative estimate of drug-likeness (QED) is 0.460. The Morgan fingerprint density at radius 3 is 2.50 bits per heavy atom. The number of hydrogen-bond donors (Lipinski definition) is 1. The molecule has 28 heavy (non-hydrogen) atoms. The largest absolute Gasteiger partial charge is 0.392 e. The number of hydrogen-bond acceptors (Lipinski definition) is 2. The van der Waals surface area contributed by atoms with E-state index in [9.17, 15) is 9.50 Å². The van der Waals surface area contributed by atoms with E-state index in [0.29, 0.717) is 11.1 Å². The number of pyridine rings is 1. The summed E-state index contributed by atoms with van der Waals surface area (Å²) in [5.41, 5.74) is 4.23. The molecule has 0 unspecified atom stereocenters. The maximum absolute atomic E-state index is 14.6. The third-order valence-electron chi connectivity index (χ3n) is 5.08. The zero-order chi connectivity index (χ0) is 19.1. The third-order valence-corrected chi connectivity index (χ3v) is 5.08. The molecule has 5 aromatic rings. The van der Waals surface area contributed by atoms with Gasteiger partial charge in [0, 0.05) is 34.6 Å². The van der Waals surface area contributed by atoms with Crippen molar-refractivity contribution in [2.75, 3.05) is 0 Å². The summed E-state index contributed by atoms with van der Waals surface area (Å²) in [7, 11) is 0. The highest BCUT2D eigenvalue weighted by atomic mass is 19.1. The molecule has 0 atom stereocenters. The van der Waals surface area contributed by atoms with Crippen molar-refractivity contribution in [2.45, 2.75) is 6.61 Å². The van der Waals surface area contributed by atoms with Crippen molar-refractivity contribution >= 4 is 16.4 Å². The number of aromatic nitrogens is 2. The highest BCUT2D eigenvalue weighted by Crippen LogP contribution is 2.30.